The molecule has 1 aromatic carbocycles. The largest absolute Gasteiger partial charge is 0.507 e. The number of rotatable bonds is 4. The molecule has 2 aromatic rings. The molecule has 1 aliphatic heterocycles. The predicted octanol–water partition coefficient (Wildman–Crippen LogP) is 5.74. The van der Waals surface area contributed by atoms with Crippen molar-refractivity contribution in [3.8, 4) is 17.2 Å². The SMILES string of the molecule is CC(C)(C)OC(=O)N1CCN(CCc2coc(-c3cc(C(C)(C)C)c(O)c(C(C)(C)C)c3)n2)CC1. The summed E-state index contributed by atoms with van der Waals surface area (Å²) < 4.78 is 11.4. The standard InChI is InChI=1S/C28H43N3O4/c1-26(2,3)21-16-19(17-22(23(21)32)27(4,5)6)24-29-20(18-34-24)10-11-30-12-14-31(15-13-30)25(33)35-28(7,8)9/h16-18,32H,10-15H2,1-9H3. The zero-order valence-corrected chi connectivity index (χ0v) is 23.0. The van der Waals surface area contributed by atoms with Crippen molar-refractivity contribution in [2.75, 3.05) is 32.7 Å². The number of oxazole rings is 1. The van der Waals surface area contributed by atoms with Gasteiger partial charge in [-0.3, -0.25) is 4.90 Å². The van der Waals surface area contributed by atoms with Gasteiger partial charge < -0.3 is 19.2 Å². The third-order valence-electron chi connectivity index (χ3n) is 6.23. The zero-order valence-electron chi connectivity index (χ0n) is 23.0. The van der Waals surface area contributed by atoms with E-state index in [1.807, 2.05) is 32.9 Å². The van der Waals surface area contributed by atoms with Crippen LogP contribution < -0.4 is 0 Å². The summed E-state index contributed by atoms with van der Waals surface area (Å²) in [5.74, 6) is 0.928. The van der Waals surface area contributed by atoms with Gasteiger partial charge in [0.15, 0.2) is 0 Å². The van der Waals surface area contributed by atoms with Crippen LogP contribution in [0.2, 0.25) is 0 Å². The molecule has 7 heteroatoms. The second-order valence-electron chi connectivity index (χ2n) is 12.6. The number of aromatic nitrogens is 1. The summed E-state index contributed by atoms with van der Waals surface area (Å²) in [4.78, 5) is 21.2. The summed E-state index contributed by atoms with van der Waals surface area (Å²) >= 11 is 0. The van der Waals surface area contributed by atoms with Crippen molar-refractivity contribution >= 4 is 6.09 Å². The summed E-state index contributed by atoms with van der Waals surface area (Å²) in [6.07, 6.45) is 2.26. The van der Waals surface area contributed by atoms with Crippen molar-refractivity contribution in [1.29, 1.82) is 0 Å². The molecule has 1 aliphatic rings. The van der Waals surface area contributed by atoms with E-state index in [1.54, 1.807) is 11.2 Å². The Bertz CT molecular complexity index is 995. The molecule has 0 aliphatic carbocycles. The van der Waals surface area contributed by atoms with Crippen molar-refractivity contribution in [2.45, 2.75) is 85.2 Å². The second kappa shape index (κ2) is 9.84. The molecule has 7 nitrogen and oxygen atoms in total. The second-order valence-corrected chi connectivity index (χ2v) is 12.6. The molecule has 0 radical (unpaired) electrons. The fourth-order valence-electron chi connectivity index (χ4n) is 4.21. The lowest BCUT2D eigenvalue weighted by molar-refractivity contribution is 0.0146. The molecule has 1 N–H and O–H groups in total. The number of nitrogens with zero attached hydrogens (tertiary/aromatic N) is 3. The van der Waals surface area contributed by atoms with Crippen LogP contribution in [0.4, 0.5) is 4.79 Å². The first-order chi connectivity index (χ1) is 16.0. The third-order valence-corrected chi connectivity index (χ3v) is 6.23. The van der Waals surface area contributed by atoms with Crippen molar-refractivity contribution < 1.29 is 19.1 Å². The van der Waals surface area contributed by atoms with Crippen LogP contribution in [0, 0.1) is 0 Å². The monoisotopic (exact) mass is 485 g/mol. The molecule has 194 valence electrons. The summed E-state index contributed by atoms with van der Waals surface area (Å²) in [6, 6.07) is 3.99. The van der Waals surface area contributed by atoms with Crippen molar-refractivity contribution in [1.82, 2.24) is 14.8 Å². The number of piperazine rings is 1. The van der Waals surface area contributed by atoms with Gasteiger partial charge in [-0.05, 0) is 43.7 Å². The highest BCUT2D eigenvalue weighted by Crippen LogP contribution is 2.41. The highest BCUT2D eigenvalue weighted by Gasteiger charge is 2.28. The normalized spacial score (nSPS) is 16.0. The van der Waals surface area contributed by atoms with Crippen LogP contribution in [0.15, 0.2) is 22.8 Å². The molecule has 1 saturated heterocycles. The van der Waals surface area contributed by atoms with Crippen LogP contribution >= 0.6 is 0 Å². The Hall–Kier alpha value is -2.54. The first-order valence-corrected chi connectivity index (χ1v) is 12.6. The van der Waals surface area contributed by atoms with E-state index in [-0.39, 0.29) is 16.9 Å². The van der Waals surface area contributed by atoms with Crippen molar-refractivity contribution in [2.24, 2.45) is 0 Å². The number of phenolic OH excluding ortho intramolecular Hbond substituents is 1. The van der Waals surface area contributed by atoms with Crippen LogP contribution in [0.3, 0.4) is 0 Å². The number of hydrogen-bond donors (Lipinski definition) is 1. The van der Waals surface area contributed by atoms with Crippen molar-refractivity contribution in [3.63, 3.8) is 0 Å². The Morgan fingerprint density at radius 1 is 0.971 bits per heavy atom. The van der Waals surface area contributed by atoms with E-state index in [1.165, 1.54) is 0 Å². The smallest absolute Gasteiger partial charge is 0.410 e. The quantitative estimate of drug-likeness (QED) is 0.595. The fraction of sp³-hybridized carbons (Fsp3) is 0.643. The Labute approximate surface area is 210 Å². The van der Waals surface area contributed by atoms with Gasteiger partial charge in [0.05, 0.1) is 5.69 Å². The van der Waals surface area contributed by atoms with Crippen LogP contribution in [0.5, 0.6) is 5.75 Å². The molecular formula is C28H43N3O4. The number of benzene rings is 1. The summed E-state index contributed by atoms with van der Waals surface area (Å²) in [6.45, 7) is 22.1. The number of hydrogen-bond acceptors (Lipinski definition) is 6. The maximum atomic E-state index is 12.3. The van der Waals surface area contributed by atoms with Gasteiger partial charge >= 0.3 is 6.09 Å². The lowest BCUT2D eigenvalue weighted by atomic mass is 9.78. The lowest BCUT2D eigenvalue weighted by Crippen LogP contribution is -2.50. The molecule has 3 rings (SSSR count). The number of amides is 1. The number of aromatic hydroxyl groups is 1. The molecule has 0 unspecified atom stereocenters. The number of carbonyl (C=O) groups excluding carboxylic acids is 1. The number of phenols is 1. The van der Waals surface area contributed by atoms with E-state index < -0.39 is 5.60 Å². The Kier molecular flexibility index (Phi) is 7.61. The highest BCUT2D eigenvalue weighted by molar-refractivity contribution is 5.68. The van der Waals surface area contributed by atoms with E-state index in [4.69, 9.17) is 14.1 Å². The van der Waals surface area contributed by atoms with Crippen LogP contribution in [-0.4, -0.2) is 64.3 Å². The van der Waals surface area contributed by atoms with Gasteiger partial charge in [0.2, 0.25) is 5.89 Å². The summed E-state index contributed by atoms with van der Waals surface area (Å²) in [5.41, 5.74) is 2.67. The van der Waals surface area contributed by atoms with E-state index in [9.17, 15) is 9.90 Å². The van der Waals surface area contributed by atoms with E-state index in [2.05, 4.69) is 46.4 Å². The van der Waals surface area contributed by atoms with E-state index in [0.29, 0.717) is 24.7 Å². The maximum Gasteiger partial charge on any atom is 0.410 e. The molecule has 0 spiro atoms. The minimum Gasteiger partial charge on any atom is -0.507 e. The minimum atomic E-state index is -0.475. The Balaban J connectivity index is 1.66. The van der Waals surface area contributed by atoms with Crippen LogP contribution in [0.25, 0.3) is 11.5 Å². The van der Waals surface area contributed by atoms with Gasteiger partial charge in [-0.1, -0.05) is 41.5 Å². The highest BCUT2D eigenvalue weighted by atomic mass is 16.6. The molecule has 0 atom stereocenters. The molecule has 1 aromatic heterocycles. The van der Waals surface area contributed by atoms with E-state index >= 15 is 0 Å². The van der Waals surface area contributed by atoms with Gasteiger partial charge in [-0.15, -0.1) is 0 Å². The number of carbonyl (C=O) groups is 1. The fourth-order valence-corrected chi connectivity index (χ4v) is 4.21. The van der Waals surface area contributed by atoms with Crippen molar-refractivity contribution in [3.05, 3.63) is 35.2 Å². The van der Waals surface area contributed by atoms with Crippen LogP contribution in [0.1, 0.15) is 79.1 Å². The first kappa shape index (κ1) is 27.1. The van der Waals surface area contributed by atoms with Gasteiger partial charge in [-0.25, -0.2) is 9.78 Å². The molecule has 1 fully saturated rings. The summed E-state index contributed by atoms with van der Waals surface area (Å²) in [7, 11) is 0. The van der Waals surface area contributed by atoms with Crippen LogP contribution in [-0.2, 0) is 22.0 Å². The average Bonchev–Trinajstić information content (AvgIpc) is 3.19. The maximum absolute atomic E-state index is 12.3. The zero-order chi connectivity index (χ0) is 26.2. The predicted molar refractivity (Wildman–Crippen MR) is 139 cm³/mol. The minimum absolute atomic E-state index is 0.211. The lowest BCUT2D eigenvalue weighted by Gasteiger charge is -2.35. The Morgan fingerprint density at radius 3 is 2.00 bits per heavy atom. The van der Waals surface area contributed by atoms with Gasteiger partial charge in [-0.2, -0.15) is 0 Å². The van der Waals surface area contributed by atoms with Gasteiger partial charge in [0, 0.05) is 55.8 Å². The molecule has 35 heavy (non-hydrogen) atoms. The Morgan fingerprint density at radius 2 is 1.51 bits per heavy atom. The molecule has 1 amide bonds. The van der Waals surface area contributed by atoms with Gasteiger partial charge in [0.25, 0.3) is 0 Å². The third kappa shape index (κ3) is 7.00. The first-order valence-electron chi connectivity index (χ1n) is 12.6. The average molecular weight is 486 g/mol. The van der Waals surface area contributed by atoms with Gasteiger partial charge in [0.1, 0.15) is 17.6 Å². The number of ether oxygens (including phenoxy) is 1. The van der Waals surface area contributed by atoms with E-state index in [0.717, 1.165) is 48.4 Å². The molecule has 0 bridgehead atoms. The molecular weight excluding hydrogens is 442 g/mol. The molecule has 2 heterocycles. The topological polar surface area (TPSA) is 79.0 Å². The molecule has 0 saturated carbocycles. The summed E-state index contributed by atoms with van der Waals surface area (Å²) in [5, 5.41) is 11.0.